The normalized spacial score (nSPS) is 12.1. The van der Waals surface area contributed by atoms with Gasteiger partial charge in [0.15, 0.2) is 19.7 Å². The third kappa shape index (κ3) is 4.29. The Morgan fingerprint density at radius 1 is 0.957 bits per heavy atom. The van der Waals surface area contributed by atoms with Crippen LogP contribution in [-0.4, -0.2) is 29.3 Å². The molecule has 0 heterocycles. The van der Waals surface area contributed by atoms with Gasteiger partial charge in [0.2, 0.25) is 0 Å². The van der Waals surface area contributed by atoms with Crippen molar-refractivity contribution in [3.05, 3.63) is 53.8 Å². The van der Waals surface area contributed by atoms with E-state index in [1.807, 2.05) is 0 Å². The van der Waals surface area contributed by atoms with E-state index in [2.05, 4.69) is 5.32 Å². The van der Waals surface area contributed by atoms with E-state index < -0.39 is 25.5 Å². The molecule has 2 aromatic rings. The van der Waals surface area contributed by atoms with Gasteiger partial charge in [-0.05, 0) is 24.3 Å². The SMILES string of the molecule is CS(=O)(=O)c1ccc(NCc2ccccc2F)c(S(C)(=O)=O)c1. The molecule has 2 aromatic carbocycles. The zero-order chi connectivity index (χ0) is 17.3. The van der Waals surface area contributed by atoms with Gasteiger partial charge in [0.1, 0.15) is 5.82 Å². The zero-order valence-electron chi connectivity index (χ0n) is 12.6. The summed E-state index contributed by atoms with van der Waals surface area (Å²) in [5.41, 5.74) is 0.599. The molecule has 23 heavy (non-hydrogen) atoms. The van der Waals surface area contributed by atoms with Crippen LogP contribution in [-0.2, 0) is 26.2 Å². The highest BCUT2D eigenvalue weighted by molar-refractivity contribution is 7.91. The van der Waals surface area contributed by atoms with Gasteiger partial charge in [-0.1, -0.05) is 18.2 Å². The Balaban J connectivity index is 2.41. The Morgan fingerprint density at radius 3 is 2.17 bits per heavy atom. The number of hydrogen-bond acceptors (Lipinski definition) is 5. The molecule has 0 amide bonds. The van der Waals surface area contributed by atoms with Crippen molar-refractivity contribution >= 4 is 25.4 Å². The van der Waals surface area contributed by atoms with Crippen LogP contribution in [0.1, 0.15) is 5.56 Å². The van der Waals surface area contributed by atoms with Crippen molar-refractivity contribution in [2.45, 2.75) is 16.3 Å². The minimum atomic E-state index is -3.65. The Hall–Kier alpha value is -1.93. The molecule has 0 aliphatic rings. The predicted molar refractivity (Wildman–Crippen MR) is 86.4 cm³/mol. The fourth-order valence-corrected chi connectivity index (χ4v) is 3.62. The van der Waals surface area contributed by atoms with Crippen molar-refractivity contribution in [2.75, 3.05) is 17.8 Å². The number of anilines is 1. The van der Waals surface area contributed by atoms with Crippen LogP contribution in [0.3, 0.4) is 0 Å². The average molecular weight is 357 g/mol. The van der Waals surface area contributed by atoms with Crippen molar-refractivity contribution in [3.63, 3.8) is 0 Å². The lowest BCUT2D eigenvalue weighted by Gasteiger charge is -2.12. The first-order chi connectivity index (χ1) is 10.6. The molecule has 8 heteroatoms. The number of hydrogen-bond donors (Lipinski definition) is 1. The van der Waals surface area contributed by atoms with Crippen molar-refractivity contribution in [1.82, 2.24) is 0 Å². The minimum absolute atomic E-state index is 0.0768. The number of nitrogens with one attached hydrogen (secondary N) is 1. The standard InChI is InChI=1S/C15H16FNO4S2/c1-22(18,19)12-7-8-14(15(9-12)23(2,20)21)17-10-11-5-3-4-6-13(11)16/h3-9,17H,10H2,1-2H3. The van der Waals surface area contributed by atoms with Crippen LogP contribution >= 0.6 is 0 Å². The fourth-order valence-electron chi connectivity index (χ4n) is 2.02. The highest BCUT2D eigenvalue weighted by atomic mass is 32.2. The first-order valence-corrected chi connectivity index (χ1v) is 10.4. The van der Waals surface area contributed by atoms with E-state index in [0.717, 1.165) is 18.6 Å². The average Bonchev–Trinajstić information content (AvgIpc) is 2.44. The predicted octanol–water partition coefficient (Wildman–Crippen LogP) is 2.24. The van der Waals surface area contributed by atoms with Gasteiger partial charge >= 0.3 is 0 Å². The third-order valence-electron chi connectivity index (χ3n) is 3.21. The Labute approximate surface area is 135 Å². The molecule has 0 fully saturated rings. The van der Waals surface area contributed by atoms with Crippen LogP contribution in [0.25, 0.3) is 0 Å². The zero-order valence-corrected chi connectivity index (χ0v) is 14.2. The van der Waals surface area contributed by atoms with E-state index in [4.69, 9.17) is 0 Å². The molecular weight excluding hydrogens is 341 g/mol. The van der Waals surface area contributed by atoms with Crippen LogP contribution in [0, 0.1) is 5.82 Å². The summed E-state index contributed by atoms with van der Waals surface area (Å²) in [5.74, 6) is -0.409. The van der Waals surface area contributed by atoms with Gasteiger partial charge in [0, 0.05) is 24.6 Å². The number of benzene rings is 2. The summed E-state index contributed by atoms with van der Waals surface area (Å²) in [5, 5.41) is 2.84. The molecule has 5 nitrogen and oxygen atoms in total. The summed E-state index contributed by atoms with van der Waals surface area (Å²) in [6, 6.07) is 9.90. The van der Waals surface area contributed by atoms with Crippen molar-refractivity contribution in [2.24, 2.45) is 0 Å². The van der Waals surface area contributed by atoms with Gasteiger partial charge < -0.3 is 5.32 Å². The molecule has 0 aliphatic carbocycles. The molecule has 0 unspecified atom stereocenters. The molecule has 0 aliphatic heterocycles. The van der Waals surface area contributed by atoms with Gasteiger partial charge in [0.25, 0.3) is 0 Å². The molecule has 0 aromatic heterocycles. The lowest BCUT2D eigenvalue weighted by atomic mass is 10.2. The number of rotatable bonds is 5. The summed E-state index contributed by atoms with van der Waals surface area (Å²) in [4.78, 5) is -0.230. The molecule has 0 radical (unpaired) electrons. The maximum atomic E-state index is 13.6. The monoisotopic (exact) mass is 357 g/mol. The molecule has 2 rings (SSSR count). The minimum Gasteiger partial charge on any atom is -0.380 e. The van der Waals surface area contributed by atoms with Crippen LogP contribution in [0.4, 0.5) is 10.1 Å². The van der Waals surface area contributed by atoms with Gasteiger partial charge in [-0.2, -0.15) is 0 Å². The second-order valence-electron chi connectivity index (χ2n) is 5.15. The van der Waals surface area contributed by atoms with E-state index >= 15 is 0 Å². The highest BCUT2D eigenvalue weighted by Gasteiger charge is 2.18. The Morgan fingerprint density at radius 2 is 1.61 bits per heavy atom. The second kappa shape index (κ2) is 6.29. The van der Waals surface area contributed by atoms with E-state index in [-0.39, 0.29) is 22.0 Å². The summed E-state index contributed by atoms with van der Waals surface area (Å²) in [7, 11) is -7.18. The van der Waals surface area contributed by atoms with Gasteiger partial charge in [0.05, 0.1) is 15.5 Å². The maximum Gasteiger partial charge on any atom is 0.177 e. The van der Waals surface area contributed by atoms with Crippen LogP contribution < -0.4 is 5.32 Å². The summed E-state index contributed by atoms with van der Waals surface area (Å²) in [6.07, 6.45) is 1.99. The first kappa shape index (κ1) is 17.4. The molecule has 1 N–H and O–H groups in total. The van der Waals surface area contributed by atoms with Gasteiger partial charge in [-0.25, -0.2) is 21.2 Å². The Kier molecular flexibility index (Phi) is 4.76. The highest BCUT2D eigenvalue weighted by Crippen LogP contribution is 2.25. The summed E-state index contributed by atoms with van der Waals surface area (Å²) >= 11 is 0. The van der Waals surface area contributed by atoms with Gasteiger partial charge in [-0.15, -0.1) is 0 Å². The van der Waals surface area contributed by atoms with Crippen molar-refractivity contribution < 1.29 is 21.2 Å². The van der Waals surface area contributed by atoms with Crippen LogP contribution in [0.2, 0.25) is 0 Å². The van der Waals surface area contributed by atoms with Crippen LogP contribution in [0.15, 0.2) is 52.3 Å². The first-order valence-electron chi connectivity index (χ1n) is 6.60. The van der Waals surface area contributed by atoms with Crippen molar-refractivity contribution in [1.29, 1.82) is 0 Å². The maximum absolute atomic E-state index is 13.6. The lowest BCUT2D eigenvalue weighted by Crippen LogP contribution is -2.09. The third-order valence-corrected chi connectivity index (χ3v) is 5.45. The quantitative estimate of drug-likeness (QED) is 0.888. The molecule has 0 saturated carbocycles. The second-order valence-corrected chi connectivity index (χ2v) is 9.15. The summed E-state index contributed by atoms with van der Waals surface area (Å²) < 4.78 is 60.6. The van der Waals surface area contributed by atoms with Crippen molar-refractivity contribution in [3.8, 4) is 0 Å². The molecular formula is C15H16FNO4S2. The van der Waals surface area contributed by atoms with E-state index in [1.165, 1.54) is 18.2 Å². The Bertz CT molecular complexity index is 938. The smallest absolute Gasteiger partial charge is 0.177 e. The summed E-state index contributed by atoms with van der Waals surface area (Å²) in [6.45, 7) is 0.0768. The van der Waals surface area contributed by atoms with E-state index in [9.17, 15) is 21.2 Å². The topological polar surface area (TPSA) is 80.3 Å². The molecule has 124 valence electrons. The lowest BCUT2D eigenvalue weighted by molar-refractivity contribution is 0.600. The number of sulfone groups is 2. The molecule has 0 bridgehead atoms. The van der Waals surface area contributed by atoms with E-state index in [1.54, 1.807) is 18.2 Å². The molecule has 0 spiro atoms. The van der Waals surface area contributed by atoms with Gasteiger partial charge in [-0.3, -0.25) is 0 Å². The molecule has 0 saturated heterocycles. The van der Waals surface area contributed by atoms with E-state index in [0.29, 0.717) is 5.56 Å². The molecule has 0 atom stereocenters. The number of halogens is 1. The largest absolute Gasteiger partial charge is 0.380 e. The fraction of sp³-hybridized carbons (Fsp3) is 0.200. The van der Waals surface area contributed by atoms with Crippen LogP contribution in [0.5, 0.6) is 0 Å².